The Hall–Kier alpha value is 0.0900. The van der Waals surface area contributed by atoms with Crippen LogP contribution in [0.4, 0.5) is 0 Å². The highest BCUT2D eigenvalue weighted by Gasteiger charge is 2.26. The van der Waals surface area contributed by atoms with E-state index in [2.05, 4.69) is 10.6 Å². The second-order valence-corrected chi connectivity index (χ2v) is 6.08. The molecule has 2 unspecified atom stereocenters. The van der Waals surface area contributed by atoms with Crippen molar-refractivity contribution in [3.8, 4) is 0 Å². The van der Waals surface area contributed by atoms with Crippen LogP contribution in [-0.2, 0) is 9.53 Å². The molecule has 2 aliphatic heterocycles. The molecule has 2 heterocycles. The first-order valence-corrected chi connectivity index (χ1v) is 7.31. The Morgan fingerprint density at radius 2 is 1.87 bits per heavy atom. The van der Waals surface area contributed by atoms with E-state index in [4.69, 9.17) is 4.74 Å². The summed E-state index contributed by atoms with van der Waals surface area (Å²) in [5.41, 5.74) is 0.00813. The van der Waals surface area contributed by atoms with Crippen LogP contribution >= 0.6 is 23.5 Å². The summed E-state index contributed by atoms with van der Waals surface area (Å²) in [7, 11) is 0. The van der Waals surface area contributed by atoms with E-state index in [1.54, 1.807) is 23.5 Å². The van der Waals surface area contributed by atoms with Gasteiger partial charge in [-0.15, -0.1) is 23.5 Å². The van der Waals surface area contributed by atoms with Crippen molar-refractivity contribution in [1.82, 2.24) is 10.6 Å². The average Bonchev–Trinajstić information content (AvgIpc) is 2.31. The monoisotopic (exact) mass is 248 g/mol. The zero-order valence-corrected chi connectivity index (χ0v) is 10.2. The average molecular weight is 248 g/mol. The van der Waals surface area contributed by atoms with Gasteiger partial charge in [0.05, 0.1) is 0 Å². The van der Waals surface area contributed by atoms with Crippen molar-refractivity contribution in [3.63, 3.8) is 0 Å². The number of rotatable bonds is 2. The van der Waals surface area contributed by atoms with E-state index < -0.39 is 0 Å². The summed E-state index contributed by atoms with van der Waals surface area (Å²) in [5.74, 6) is 1.96. The predicted octanol–water partition coefficient (Wildman–Crippen LogP) is -0.103. The van der Waals surface area contributed by atoms with Crippen molar-refractivity contribution in [2.24, 2.45) is 0 Å². The molecular weight excluding hydrogens is 232 g/mol. The van der Waals surface area contributed by atoms with E-state index in [1.165, 1.54) is 0 Å². The van der Waals surface area contributed by atoms with E-state index in [0.717, 1.165) is 37.7 Å². The summed E-state index contributed by atoms with van der Waals surface area (Å²) in [6, 6.07) is 0. The van der Waals surface area contributed by atoms with Gasteiger partial charge in [-0.25, -0.2) is 0 Å². The number of thioether (sulfide) groups is 2. The van der Waals surface area contributed by atoms with Gasteiger partial charge in [0, 0.05) is 37.7 Å². The van der Waals surface area contributed by atoms with Crippen LogP contribution in [0.5, 0.6) is 0 Å². The van der Waals surface area contributed by atoms with Crippen molar-refractivity contribution >= 4 is 29.5 Å². The van der Waals surface area contributed by atoms with Crippen LogP contribution in [0.2, 0.25) is 0 Å². The van der Waals surface area contributed by atoms with Crippen molar-refractivity contribution in [2.45, 2.75) is 10.7 Å². The van der Waals surface area contributed by atoms with Crippen LogP contribution in [0.25, 0.3) is 0 Å². The fourth-order valence-electron chi connectivity index (χ4n) is 1.54. The smallest absolute Gasteiger partial charge is 0.321 e. The Balaban J connectivity index is 1.74. The Kier molecular flexibility index (Phi) is 4.61. The lowest BCUT2D eigenvalue weighted by Gasteiger charge is -2.26. The van der Waals surface area contributed by atoms with E-state index in [-0.39, 0.29) is 16.7 Å². The maximum atomic E-state index is 11.7. The minimum atomic E-state index is -0.0617. The highest BCUT2D eigenvalue weighted by Crippen LogP contribution is 2.20. The molecule has 0 aromatic carbocycles. The maximum absolute atomic E-state index is 11.7. The Bertz CT molecular complexity index is 216. The van der Waals surface area contributed by atoms with Gasteiger partial charge in [-0.1, -0.05) is 0 Å². The molecule has 2 fully saturated rings. The summed E-state index contributed by atoms with van der Waals surface area (Å²) in [5, 5.41) is 6.42. The lowest BCUT2D eigenvalue weighted by atomic mass is 10.4. The Labute approximate surface area is 98.3 Å². The lowest BCUT2D eigenvalue weighted by Crippen LogP contribution is -2.42. The molecule has 0 spiro atoms. The molecule has 86 valence electrons. The molecule has 4 nitrogen and oxygen atoms in total. The third-order valence-corrected chi connectivity index (χ3v) is 4.61. The first-order chi connectivity index (χ1) is 7.36. The third kappa shape index (κ3) is 3.55. The van der Waals surface area contributed by atoms with Crippen LogP contribution in [0, 0.1) is 0 Å². The fraction of sp³-hybridized carbons (Fsp3) is 0.889. The molecule has 0 aromatic rings. The second kappa shape index (κ2) is 5.98. The number of ether oxygens (including phenoxy) is 1. The van der Waals surface area contributed by atoms with Gasteiger partial charge in [0.1, 0.15) is 5.25 Å². The molecule has 0 amide bonds. The summed E-state index contributed by atoms with van der Waals surface area (Å²) in [6.07, 6.45) is 0. The molecule has 6 heteroatoms. The minimum absolute atomic E-state index is 0.00813. The molecular formula is C9H16N2O2S2. The zero-order chi connectivity index (χ0) is 10.5. The molecule has 0 aromatic heterocycles. The van der Waals surface area contributed by atoms with Gasteiger partial charge in [-0.3, -0.25) is 4.79 Å². The summed E-state index contributed by atoms with van der Waals surface area (Å²) in [4.78, 5) is 11.7. The second-order valence-electron chi connectivity index (χ2n) is 3.50. The standard InChI is InChI=1S/C9H16N2O2S2/c12-9(7-5-10-1-3-14-7)13-8-6-11-2-4-15-8/h7-8,10-11H,1-6H2. The number of esters is 1. The van der Waals surface area contributed by atoms with Crippen molar-refractivity contribution in [3.05, 3.63) is 0 Å². The molecule has 2 aliphatic rings. The predicted molar refractivity (Wildman–Crippen MR) is 64.3 cm³/mol. The molecule has 0 aliphatic carbocycles. The van der Waals surface area contributed by atoms with Crippen LogP contribution in [0.1, 0.15) is 0 Å². The molecule has 0 bridgehead atoms. The SMILES string of the molecule is O=C(OC1CNCCS1)C1CNCCS1. The van der Waals surface area contributed by atoms with Gasteiger partial charge >= 0.3 is 5.97 Å². The van der Waals surface area contributed by atoms with E-state index in [0.29, 0.717) is 0 Å². The Morgan fingerprint density at radius 1 is 1.13 bits per heavy atom. The van der Waals surface area contributed by atoms with E-state index in [9.17, 15) is 4.79 Å². The molecule has 2 rings (SSSR count). The minimum Gasteiger partial charge on any atom is -0.449 e. The number of carbonyl (C=O) groups is 1. The highest BCUT2D eigenvalue weighted by atomic mass is 32.2. The molecule has 2 N–H and O–H groups in total. The molecule has 2 saturated heterocycles. The Morgan fingerprint density at radius 3 is 2.47 bits per heavy atom. The van der Waals surface area contributed by atoms with Gasteiger partial charge in [0.15, 0.2) is 5.44 Å². The number of hydrogen-bond acceptors (Lipinski definition) is 6. The largest absolute Gasteiger partial charge is 0.449 e. The van der Waals surface area contributed by atoms with Crippen LogP contribution < -0.4 is 10.6 Å². The van der Waals surface area contributed by atoms with Gasteiger partial charge < -0.3 is 15.4 Å². The zero-order valence-electron chi connectivity index (χ0n) is 8.53. The molecule has 2 atom stereocenters. The van der Waals surface area contributed by atoms with Gasteiger partial charge in [0.25, 0.3) is 0 Å². The topological polar surface area (TPSA) is 50.4 Å². The van der Waals surface area contributed by atoms with E-state index in [1.807, 2.05) is 0 Å². The first kappa shape index (κ1) is 11.6. The molecule has 15 heavy (non-hydrogen) atoms. The van der Waals surface area contributed by atoms with Crippen LogP contribution in [-0.4, -0.2) is 54.3 Å². The summed E-state index contributed by atoms with van der Waals surface area (Å²) >= 11 is 3.41. The normalized spacial score (nSPS) is 32.3. The molecule has 0 radical (unpaired) electrons. The number of carbonyl (C=O) groups excluding carboxylic acids is 1. The fourth-order valence-corrected chi connectivity index (χ4v) is 3.44. The molecule has 0 saturated carbocycles. The first-order valence-electron chi connectivity index (χ1n) is 5.21. The summed E-state index contributed by atoms with van der Waals surface area (Å²) < 4.78 is 5.43. The number of nitrogens with one attached hydrogen (secondary N) is 2. The van der Waals surface area contributed by atoms with Gasteiger partial charge in [-0.05, 0) is 0 Å². The third-order valence-electron chi connectivity index (χ3n) is 2.33. The summed E-state index contributed by atoms with van der Waals surface area (Å²) in [6.45, 7) is 3.53. The van der Waals surface area contributed by atoms with Crippen molar-refractivity contribution in [2.75, 3.05) is 37.7 Å². The van der Waals surface area contributed by atoms with Crippen LogP contribution in [0.15, 0.2) is 0 Å². The van der Waals surface area contributed by atoms with Gasteiger partial charge in [-0.2, -0.15) is 0 Å². The van der Waals surface area contributed by atoms with Crippen molar-refractivity contribution in [1.29, 1.82) is 0 Å². The quantitative estimate of drug-likeness (QED) is 0.666. The number of hydrogen-bond donors (Lipinski definition) is 2. The highest BCUT2D eigenvalue weighted by molar-refractivity contribution is 8.00. The lowest BCUT2D eigenvalue weighted by molar-refractivity contribution is -0.144. The van der Waals surface area contributed by atoms with E-state index >= 15 is 0 Å². The maximum Gasteiger partial charge on any atom is 0.321 e. The van der Waals surface area contributed by atoms with Gasteiger partial charge in [0.2, 0.25) is 0 Å². The van der Waals surface area contributed by atoms with Crippen LogP contribution in [0.3, 0.4) is 0 Å². The van der Waals surface area contributed by atoms with Crippen molar-refractivity contribution < 1.29 is 9.53 Å².